The van der Waals surface area contributed by atoms with Crippen LogP contribution in [-0.2, 0) is 6.42 Å². The molecule has 3 heterocycles. The fourth-order valence-electron chi connectivity index (χ4n) is 3.43. The Bertz CT molecular complexity index is 884. The van der Waals surface area contributed by atoms with Gasteiger partial charge in [-0.3, -0.25) is 9.89 Å². The Balaban J connectivity index is 1.47. The first kappa shape index (κ1) is 16.0. The van der Waals surface area contributed by atoms with Crippen molar-refractivity contribution in [2.75, 3.05) is 18.8 Å². The van der Waals surface area contributed by atoms with E-state index in [9.17, 15) is 4.79 Å². The Morgan fingerprint density at radius 3 is 3.00 bits per heavy atom. The molecule has 3 aromatic rings. The molecule has 0 unspecified atom stereocenters. The second-order valence-electron chi connectivity index (χ2n) is 6.46. The molecule has 0 radical (unpaired) electrons. The van der Waals surface area contributed by atoms with E-state index in [4.69, 9.17) is 17.3 Å². The number of rotatable bonds is 3. The third kappa shape index (κ3) is 3.07. The van der Waals surface area contributed by atoms with Crippen LogP contribution < -0.4 is 5.73 Å². The number of benzene rings is 1. The zero-order chi connectivity index (χ0) is 17.4. The van der Waals surface area contributed by atoms with Crippen LogP contribution in [-0.4, -0.2) is 44.1 Å². The highest BCUT2D eigenvalue weighted by atomic mass is 35.5. The number of nitrogens with one attached hydrogen (secondary N) is 2. The van der Waals surface area contributed by atoms with Gasteiger partial charge in [-0.15, -0.1) is 0 Å². The molecule has 0 bridgehead atoms. The molecule has 1 aromatic carbocycles. The number of hydrogen-bond acceptors (Lipinski definition) is 4. The standard InChI is InChI=1S/C17H19ClN6O/c18-14-15(22-23-16(14)19)17(25)24-7-3-4-10(9-24)8-13-20-11-5-1-2-6-12(11)21-13/h1-2,5-6,10H,3-4,7-9H2,(H,20,21)(H3,19,22,23)/t10-/m0/s1. The number of nitrogens with two attached hydrogens (primary N) is 1. The lowest BCUT2D eigenvalue weighted by atomic mass is 9.94. The average molecular weight is 359 g/mol. The van der Waals surface area contributed by atoms with E-state index in [0.717, 1.165) is 36.1 Å². The molecule has 1 aliphatic rings. The predicted molar refractivity (Wildman–Crippen MR) is 96.4 cm³/mol. The Labute approximate surface area is 149 Å². The molecule has 0 saturated carbocycles. The number of carbonyl (C=O) groups excluding carboxylic acids is 1. The van der Waals surface area contributed by atoms with Crippen LogP contribution in [0, 0.1) is 5.92 Å². The topological polar surface area (TPSA) is 104 Å². The molecule has 2 aromatic heterocycles. The number of fused-ring (bicyclic) bond motifs is 1. The van der Waals surface area contributed by atoms with Crippen molar-refractivity contribution in [1.82, 2.24) is 25.1 Å². The number of nitrogens with zero attached hydrogens (tertiary/aromatic N) is 3. The van der Waals surface area contributed by atoms with Gasteiger partial charge < -0.3 is 15.6 Å². The molecule has 1 aliphatic heterocycles. The van der Waals surface area contributed by atoms with Crippen molar-refractivity contribution >= 4 is 34.4 Å². The number of piperidine rings is 1. The van der Waals surface area contributed by atoms with Crippen LogP contribution in [0.15, 0.2) is 24.3 Å². The summed E-state index contributed by atoms with van der Waals surface area (Å²) in [7, 11) is 0. The predicted octanol–water partition coefficient (Wildman–Crippen LogP) is 2.62. The summed E-state index contributed by atoms with van der Waals surface area (Å²) in [5.41, 5.74) is 7.90. The highest BCUT2D eigenvalue weighted by Gasteiger charge is 2.28. The number of hydrogen-bond donors (Lipinski definition) is 3. The van der Waals surface area contributed by atoms with Crippen molar-refractivity contribution in [2.24, 2.45) is 5.92 Å². The monoisotopic (exact) mass is 358 g/mol. The van der Waals surface area contributed by atoms with Gasteiger partial charge in [0.25, 0.3) is 5.91 Å². The SMILES string of the molecule is Nc1n[nH]c(C(=O)N2CCC[C@@H](Cc3nc4ccccc4[nH]3)C2)c1Cl. The third-order valence-corrected chi connectivity index (χ3v) is 5.06. The van der Waals surface area contributed by atoms with Gasteiger partial charge in [-0.2, -0.15) is 5.10 Å². The first-order valence-electron chi connectivity index (χ1n) is 8.34. The van der Waals surface area contributed by atoms with Crippen molar-refractivity contribution in [1.29, 1.82) is 0 Å². The van der Waals surface area contributed by atoms with Gasteiger partial charge in [0.1, 0.15) is 16.5 Å². The van der Waals surface area contributed by atoms with Crippen LogP contribution in [0.2, 0.25) is 5.02 Å². The van der Waals surface area contributed by atoms with E-state index in [1.54, 1.807) is 0 Å². The van der Waals surface area contributed by atoms with Crippen LogP contribution >= 0.6 is 11.6 Å². The van der Waals surface area contributed by atoms with Crippen LogP contribution in [0.3, 0.4) is 0 Å². The summed E-state index contributed by atoms with van der Waals surface area (Å²) < 4.78 is 0. The minimum atomic E-state index is -0.150. The number of carbonyl (C=O) groups is 1. The lowest BCUT2D eigenvalue weighted by Gasteiger charge is -2.32. The summed E-state index contributed by atoms with van der Waals surface area (Å²) in [6, 6.07) is 7.99. The number of aromatic amines is 2. The minimum Gasteiger partial charge on any atom is -0.381 e. The van der Waals surface area contributed by atoms with E-state index in [2.05, 4.69) is 20.2 Å². The molecular weight excluding hydrogens is 340 g/mol. The van der Waals surface area contributed by atoms with Gasteiger partial charge in [-0.05, 0) is 30.9 Å². The van der Waals surface area contributed by atoms with Gasteiger partial charge in [0.15, 0.2) is 5.82 Å². The number of likely N-dealkylation sites (tertiary alicyclic amines) is 1. The van der Waals surface area contributed by atoms with Crippen molar-refractivity contribution in [3.63, 3.8) is 0 Å². The molecular formula is C17H19ClN6O. The molecule has 1 amide bonds. The average Bonchev–Trinajstić information content (AvgIpc) is 3.17. The van der Waals surface area contributed by atoms with E-state index in [1.807, 2.05) is 29.2 Å². The lowest BCUT2D eigenvalue weighted by Crippen LogP contribution is -2.40. The molecule has 130 valence electrons. The van der Waals surface area contributed by atoms with Crippen molar-refractivity contribution < 1.29 is 4.79 Å². The number of amides is 1. The zero-order valence-corrected chi connectivity index (χ0v) is 14.4. The minimum absolute atomic E-state index is 0.150. The van der Waals surface area contributed by atoms with Crippen molar-refractivity contribution in [2.45, 2.75) is 19.3 Å². The van der Waals surface area contributed by atoms with Crippen molar-refractivity contribution in [3.05, 3.63) is 40.8 Å². The second kappa shape index (κ2) is 6.40. The maximum Gasteiger partial charge on any atom is 0.273 e. The van der Waals surface area contributed by atoms with Gasteiger partial charge in [0.05, 0.1) is 11.0 Å². The molecule has 1 atom stereocenters. The van der Waals surface area contributed by atoms with E-state index in [-0.39, 0.29) is 22.4 Å². The number of nitrogen functional groups attached to an aromatic ring is 1. The fourth-order valence-corrected chi connectivity index (χ4v) is 3.60. The Hall–Kier alpha value is -2.54. The largest absolute Gasteiger partial charge is 0.381 e. The summed E-state index contributed by atoms with van der Waals surface area (Å²) in [6.45, 7) is 1.38. The summed E-state index contributed by atoms with van der Waals surface area (Å²) in [6.07, 6.45) is 2.84. The summed E-state index contributed by atoms with van der Waals surface area (Å²) in [5, 5.41) is 6.64. The fraction of sp³-hybridized carbons (Fsp3) is 0.353. The van der Waals surface area contributed by atoms with Gasteiger partial charge in [-0.25, -0.2) is 4.98 Å². The summed E-state index contributed by atoms with van der Waals surface area (Å²) >= 11 is 6.05. The molecule has 1 saturated heterocycles. The maximum atomic E-state index is 12.7. The molecule has 7 nitrogen and oxygen atoms in total. The first-order valence-corrected chi connectivity index (χ1v) is 8.72. The van der Waals surface area contributed by atoms with Crippen LogP contribution in [0.5, 0.6) is 0 Å². The molecule has 0 spiro atoms. The smallest absolute Gasteiger partial charge is 0.273 e. The highest BCUT2D eigenvalue weighted by Crippen LogP contribution is 2.25. The van der Waals surface area contributed by atoms with E-state index in [0.29, 0.717) is 19.0 Å². The van der Waals surface area contributed by atoms with Gasteiger partial charge >= 0.3 is 0 Å². The zero-order valence-electron chi connectivity index (χ0n) is 13.6. The second-order valence-corrected chi connectivity index (χ2v) is 6.84. The van der Waals surface area contributed by atoms with Crippen LogP contribution in [0.25, 0.3) is 11.0 Å². The molecule has 8 heteroatoms. The molecule has 25 heavy (non-hydrogen) atoms. The Morgan fingerprint density at radius 1 is 1.40 bits per heavy atom. The van der Waals surface area contributed by atoms with Crippen LogP contribution in [0.1, 0.15) is 29.2 Å². The maximum absolute atomic E-state index is 12.7. The normalized spacial score (nSPS) is 18.0. The number of aromatic nitrogens is 4. The lowest BCUT2D eigenvalue weighted by molar-refractivity contribution is 0.0666. The number of imidazole rings is 1. The molecule has 4 rings (SSSR count). The summed E-state index contributed by atoms with van der Waals surface area (Å²) in [4.78, 5) is 22.5. The molecule has 4 N–H and O–H groups in total. The van der Waals surface area contributed by atoms with Gasteiger partial charge in [-0.1, -0.05) is 23.7 Å². The molecule has 0 aliphatic carbocycles. The first-order chi connectivity index (χ1) is 12.1. The van der Waals surface area contributed by atoms with Gasteiger partial charge in [0.2, 0.25) is 0 Å². The highest BCUT2D eigenvalue weighted by molar-refractivity contribution is 6.35. The quantitative estimate of drug-likeness (QED) is 0.669. The number of H-pyrrole nitrogens is 2. The Morgan fingerprint density at radius 2 is 2.24 bits per heavy atom. The third-order valence-electron chi connectivity index (χ3n) is 4.67. The van der Waals surface area contributed by atoms with Crippen LogP contribution in [0.4, 0.5) is 5.82 Å². The van der Waals surface area contributed by atoms with E-state index >= 15 is 0 Å². The number of anilines is 1. The number of para-hydroxylation sites is 2. The summed E-state index contributed by atoms with van der Waals surface area (Å²) in [5.74, 6) is 1.32. The van der Waals surface area contributed by atoms with E-state index < -0.39 is 0 Å². The number of halogens is 1. The van der Waals surface area contributed by atoms with Gasteiger partial charge in [0, 0.05) is 19.5 Å². The Kier molecular flexibility index (Phi) is 4.09. The molecule has 1 fully saturated rings. The van der Waals surface area contributed by atoms with E-state index in [1.165, 1.54) is 0 Å². The van der Waals surface area contributed by atoms with Crippen molar-refractivity contribution in [3.8, 4) is 0 Å².